The number of hydrogen-bond acceptors (Lipinski definition) is 6. The molecule has 0 bridgehead atoms. The zero-order valence-corrected chi connectivity index (χ0v) is 13.0. The van der Waals surface area contributed by atoms with Crippen LogP contribution in [0.2, 0.25) is 0 Å². The van der Waals surface area contributed by atoms with E-state index in [1.807, 2.05) is 25.7 Å². The van der Waals surface area contributed by atoms with Gasteiger partial charge in [0.05, 0.1) is 23.7 Å². The lowest BCUT2D eigenvalue weighted by Crippen LogP contribution is -2.28. The maximum atomic E-state index is 11.1. The van der Waals surface area contributed by atoms with Crippen LogP contribution in [0.1, 0.15) is 27.2 Å². The average molecular weight is 296 g/mol. The highest BCUT2D eigenvalue weighted by Crippen LogP contribution is 2.23. The molecule has 0 amide bonds. The minimum absolute atomic E-state index is 0.0495. The van der Waals surface area contributed by atoms with Crippen LogP contribution in [0, 0.1) is 10.1 Å². The van der Waals surface area contributed by atoms with E-state index in [4.69, 9.17) is 4.74 Å². The molecule has 0 atom stereocenters. The predicted octanol–water partition coefficient (Wildman–Crippen LogP) is 2.67. The Morgan fingerprint density at radius 1 is 1.38 bits per heavy atom. The van der Waals surface area contributed by atoms with E-state index < -0.39 is 4.92 Å². The van der Waals surface area contributed by atoms with E-state index in [1.54, 1.807) is 0 Å². The highest BCUT2D eigenvalue weighted by molar-refractivity contribution is 5.55. The molecule has 0 radical (unpaired) electrons. The number of nitrogens with zero attached hydrogens (tertiary/aromatic N) is 3. The monoisotopic (exact) mass is 296 g/mol. The first kappa shape index (κ1) is 17.2. The number of ether oxygens (including phenoxy) is 1. The summed E-state index contributed by atoms with van der Waals surface area (Å²) < 4.78 is 5.34. The first-order valence-corrected chi connectivity index (χ1v) is 7.35. The first-order valence-electron chi connectivity index (χ1n) is 7.35. The average Bonchev–Trinajstić information content (AvgIpc) is 2.49. The number of likely N-dealkylation sites (N-methyl/N-ethyl adjacent to an activating group) is 1. The fourth-order valence-corrected chi connectivity index (χ4v) is 1.87. The molecule has 0 aromatic carbocycles. The van der Waals surface area contributed by atoms with E-state index in [0.29, 0.717) is 37.9 Å². The molecule has 1 rings (SSSR count). The molecule has 1 aromatic heterocycles. The molecular formula is C14H24N4O3. The summed E-state index contributed by atoms with van der Waals surface area (Å²) in [6.07, 6.45) is 0.932. The van der Waals surface area contributed by atoms with Crippen molar-refractivity contribution in [3.8, 4) is 0 Å². The van der Waals surface area contributed by atoms with Gasteiger partial charge in [0, 0.05) is 26.2 Å². The van der Waals surface area contributed by atoms with Crippen molar-refractivity contribution >= 4 is 17.3 Å². The predicted molar refractivity (Wildman–Crippen MR) is 84.1 cm³/mol. The van der Waals surface area contributed by atoms with Crippen molar-refractivity contribution in [3.63, 3.8) is 0 Å². The number of anilines is 2. The molecule has 7 heteroatoms. The molecule has 7 nitrogen and oxygen atoms in total. The summed E-state index contributed by atoms with van der Waals surface area (Å²) in [7, 11) is 0. The van der Waals surface area contributed by atoms with E-state index in [-0.39, 0.29) is 5.69 Å². The van der Waals surface area contributed by atoms with Crippen LogP contribution in [0.25, 0.3) is 0 Å². The van der Waals surface area contributed by atoms with Crippen molar-refractivity contribution in [3.05, 3.63) is 22.2 Å². The number of nitro groups is 1. The fourth-order valence-electron chi connectivity index (χ4n) is 1.87. The van der Waals surface area contributed by atoms with Gasteiger partial charge >= 0.3 is 0 Å². The molecule has 0 spiro atoms. The van der Waals surface area contributed by atoms with Gasteiger partial charge in [-0.05, 0) is 20.3 Å². The van der Waals surface area contributed by atoms with Crippen LogP contribution in [-0.2, 0) is 4.74 Å². The Kier molecular flexibility index (Phi) is 7.45. The summed E-state index contributed by atoms with van der Waals surface area (Å²) in [5.74, 6) is 1.14. The Bertz CT molecular complexity index is 454. The lowest BCUT2D eigenvalue weighted by molar-refractivity contribution is -0.384. The van der Waals surface area contributed by atoms with Gasteiger partial charge in [0.25, 0.3) is 5.69 Å². The number of hydrogen-bond donors (Lipinski definition) is 1. The smallest absolute Gasteiger partial charge is 0.276 e. The van der Waals surface area contributed by atoms with E-state index in [2.05, 4.69) is 10.3 Å². The van der Waals surface area contributed by atoms with Crippen molar-refractivity contribution in [2.45, 2.75) is 27.2 Å². The van der Waals surface area contributed by atoms with Crippen molar-refractivity contribution in [1.29, 1.82) is 0 Å². The molecule has 0 saturated heterocycles. The van der Waals surface area contributed by atoms with Gasteiger partial charge in [-0.15, -0.1) is 0 Å². The van der Waals surface area contributed by atoms with Gasteiger partial charge < -0.3 is 15.0 Å². The maximum Gasteiger partial charge on any atom is 0.276 e. The molecule has 21 heavy (non-hydrogen) atoms. The molecule has 0 saturated carbocycles. The highest BCUT2D eigenvalue weighted by Gasteiger charge is 2.15. The van der Waals surface area contributed by atoms with Gasteiger partial charge in [0.1, 0.15) is 11.6 Å². The second kappa shape index (κ2) is 9.12. The van der Waals surface area contributed by atoms with Crippen LogP contribution in [0.5, 0.6) is 0 Å². The molecule has 0 fully saturated rings. The van der Waals surface area contributed by atoms with Crippen molar-refractivity contribution in [2.24, 2.45) is 0 Å². The Morgan fingerprint density at radius 2 is 2.14 bits per heavy atom. The summed E-state index contributed by atoms with van der Waals surface area (Å²) in [5, 5.41) is 14.2. The summed E-state index contributed by atoms with van der Waals surface area (Å²) >= 11 is 0. The molecule has 0 aliphatic rings. The fraction of sp³-hybridized carbons (Fsp3) is 0.643. The molecule has 0 unspecified atom stereocenters. The standard InChI is InChI=1S/C14H24N4O3/c1-4-7-15-13-10-12(18(19)20)11-14(16-13)17(5-2)8-9-21-6-3/h10-11H,4-9H2,1-3H3,(H,15,16). The van der Waals surface area contributed by atoms with Crippen LogP contribution in [0.15, 0.2) is 12.1 Å². The molecule has 118 valence electrons. The molecule has 0 aliphatic carbocycles. The Balaban J connectivity index is 2.95. The molecule has 0 aliphatic heterocycles. The topological polar surface area (TPSA) is 80.5 Å². The SMILES string of the molecule is CCCNc1cc([N+](=O)[O-])cc(N(CC)CCOCC)n1. The summed E-state index contributed by atoms with van der Waals surface area (Å²) in [6, 6.07) is 2.97. The van der Waals surface area contributed by atoms with Crippen LogP contribution in [-0.4, -0.2) is 42.8 Å². The van der Waals surface area contributed by atoms with Gasteiger partial charge in [-0.2, -0.15) is 0 Å². The van der Waals surface area contributed by atoms with Crippen LogP contribution < -0.4 is 10.2 Å². The normalized spacial score (nSPS) is 10.4. The second-order valence-corrected chi connectivity index (χ2v) is 4.53. The molecule has 1 N–H and O–H groups in total. The van der Waals surface area contributed by atoms with Gasteiger partial charge in [-0.25, -0.2) is 4.98 Å². The van der Waals surface area contributed by atoms with Crippen LogP contribution in [0.3, 0.4) is 0 Å². The zero-order chi connectivity index (χ0) is 15.7. The largest absolute Gasteiger partial charge is 0.380 e. The number of nitrogens with one attached hydrogen (secondary N) is 1. The Morgan fingerprint density at radius 3 is 2.71 bits per heavy atom. The van der Waals surface area contributed by atoms with Crippen molar-refractivity contribution in [2.75, 3.05) is 43.1 Å². The highest BCUT2D eigenvalue weighted by atomic mass is 16.6. The van der Waals surface area contributed by atoms with E-state index >= 15 is 0 Å². The van der Waals surface area contributed by atoms with E-state index in [9.17, 15) is 10.1 Å². The number of aromatic nitrogens is 1. The number of rotatable bonds is 10. The van der Waals surface area contributed by atoms with Gasteiger partial charge in [0.15, 0.2) is 0 Å². The van der Waals surface area contributed by atoms with E-state index in [1.165, 1.54) is 12.1 Å². The Labute approximate surface area is 125 Å². The van der Waals surface area contributed by atoms with Crippen LogP contribution >= 0.6 is 0 Å². The maximum absolute atomic E-state index is 11.1. The van der Waals surface area contributed by atoms with Gasteiger partial charge in [-0.3, -0.25) is 10.1 Å². The lowest BCUT2D eigenvalue weighted by atomic mass is 10.3. The minimum atomic E-state index is -0.390. The van der Waals surface area contributed by atoms with Crippen molar-refractivity contribution in [1.82, 2.24) is 4.98 Å². The van der Waals surface area contributed by atoms with Gasteiger partial charge in [-0.1, -0.05) is 6.92 Å². The molecule has 1 aromatic rings. The zero-order valence-electron chi connectivity index (χ0n) is 13.0. The first-order chi connectivity index (χ1) is 10.1. The number of pyridine rings is 1. The quantitative estimate of drug-likeness (QED) is 0.406. The van der Waals surface area contributed by atoms with Gasteiger partial charge in [0.2, 0.25) is 0 Å². The van der Waals surface area contributed by atoms with Crippen LogP contribution in [0.4, 0.5) is 17.3 Å². The Hall–Kier alpha value is -1.89. The summed E-state index contributed by atoms with van der Waals surface area (Å²) in [5.41, 5.74) is 0.0495. The third-order valence-electron chi connectivity index (χ3n) is 2.98. The van der Waals surface area contributed by atoms with Crippen molar-refractivity contribution < 1.29 is 9.66 Å². The lowest BCUT2D eigenvalue weighted by Gasteiger charge is -2.22. The third-order valence-corrected chi connectivity index (χ3v) is 2.98. The minimum Gasteiger partial charge on any atom is -0.380 e. The second-order valence-electron chi connectivity index (χ2n) is 4.53. The third kappa shape index (κ3) is 5.55. The van der Waals surface area contributed by atoms with E-state index in [0.717, 1.165) is 13.0 Å². The summed E-state index contributed by atoms with van der Waals surface area (Å²) in [4.78, 5) is 17.1. The molecular weight excluding hydrogens is 272 g/mol. The summed E-state index contributed by atoms with van der Waals surface area (Å²) in [6.45, 7) is 9.31. The molecule has 1 heterocycles.